The summed E-state index contributed by atoms with van der Waals surface area (Å²) in [5.41, 5.74) is 1.23. The highest BCUT2D eigenvalue weighted by Gasteiger charge is 2.41. The Morgan fingerprint density at radius 2 is 2.07 bits per heavy atom. The zero-order chi connectivity index (χ0) is 19.4. The Balaban J connectivity index is 1.37. The first-order valence-electron chi connectivity index (χ1n) is 10.4. The number of carbonyl (C=O) groups is 1. The van der Waals surface area contributed by atoms with Gasteiger partial charge < -0.3 is 9.32 Å². The van der Waals surface area contributed by atoms with Crippen LogP contribution in [0.2, 0.25) is 0 Å². The van der Waals surface area contributed by atoms with E-state index in [4.69, 9.17) is 4.42 Å². The normalized spacial score (nSPS) is 23.5. The topological polar surface area (TPSA) is 75.4 Å². The molecule has 7 nitrogen and oxygen atoms in total. The third-order valence-electron chi connectivity index (χ3n) is 6.02. The van der Waals surface area contributed by atoms with Crippen molar-refractivity contribution >= 4 is 5.91 Å². The van der Waals surface area contributed by atoms with E-state index in [-0.39, 0.29) is 11.3 Å². The van der Waals surface area contributed by atoms with Gasteiger partial charge in [0.15, 0.2) is 0 Å². The number of pyridine rings is 1. The molecule has 0 radical (unpaired) electrons. The summed E-state index contributed by atoms with van der Waals surface area (Å²) < 4.78 is 5.70. The van der Waals surface area contributed by atoms with Gasteiger partial charge in [-0.15, -0.1) is 10.2 Å². The van der Waals surface area contributed by atoms with Gasteiger partial charge in [-0.05, 0) is 37.9 Å². The number of aromatic nitrogens is 3. The molecule has 7 heteroatoms. The molecule has 2 aromatic rings. The van der Waals surface area contributed by atoms with E-state index in [0.717, 1.165) is 57.6 Å². The van der Waals surface area contributed by atoms with Gasteiger partial charge >= 0.3 is 0 Å². The van der Waals surface area contributed by atoms with Crippen molar-refractivity contribution in [3.63, 3.8) is 0 Å². The third-order valence-corrected chi connectivity index (χ3v) is 6.02. The molecule has 0 aliphatic carbocycles. The molecule has 2 saturated heterocycles. The molecule has 2 aromatic heterocycles. The maximum absolute atomic E-state index is 12.5. The summed E-state index contributed by atoms with van der Waals surface area (Å²) in [5.74, 6) is 1.68. The highest BCUT2D eigenvalue weighted by Crippen LogP contribution is 2.39. The van der Waals surface area contributed by atoms with E-state index in [1.165, 1.54) is 6.42 Å². The van der Waals surface area contributed by atoms with Gasteiger partial charge in [0, 0.05) is 56.2 Å². The lowest BCUT2D eigenvalue weighted by Gasteiger charge is -2.48. The molecular formula is C21H29N5O2. The summed E-state index contributed by atoms with van der Waals surface area (Å²) in [6.07, 6.45) is 7.36. The monoisotopic (exact) mass is 383 g/mol. The van der Waals surface area contributed by atoms with Crippen LogP contribution in [0.1, 0.15) is 50.1 Å². The average molecular weight is 383 g/mol. The Bertz CT molecular complexity index is 793. The number of likely N-dealkylation sites (tertiary alicyclic amines) is 2. The van der Waals surface area contributed by atoms with Gasteiger partial charge in [0.05, 0.1) is 6.54 Å². The summed E-state index contributed by atoms with van der Waals surface area (Å²) in [6, 6.07) is 5.96. The summed E-state index contributed by atoms with van der Waals surface area (Å²) in [6.45, 7) is 6.36. The van der Waals surface area contributed by atoms with Gasteiger partial charge in [-0.25, -0.2) is 0 Å². The van der Waals surface area contributed by atoms with Crippen molar-refractivity contribution in [3.8, 4) is 0 Å². The molecule has 2 fully saturated rings. The lowest BCUT2D eigenvalue weighted by atomic mass is 9.73. The molecule has 1 atom stereocenters. The fraction of sp³-hybridized carbons (Fsp3) is 0.619. The van der Waals surface area contributed by atoms with E-state index in [1.54, 1.807) is 0 Å². The maximum atomic E-state index is 12.5. The van der Waals surface area contributed by atoms with Crippen molar-refractivity contribution in [2.45, 2.75) is 52.0 Å². The van der Waals surface area contributed by atoms with Crippen LogP contribution in [0, 0.1) is 5.41 Å². The van der Waals surface area contributed by atoms with Crippen LogP contribution in [0.5, 0.6) is 0 Å². The van der Waals surface area contributed by atoms with E-state index in [1.807, 2.05) is 31.3 Å². The first-order valence-corrected chi connectivity index (χ1v) is 10.4. The van der Waals surface area contributed by atoms with Crippen molar-refractivity contribution in [2.24, 2.45) is 5.41 Å². The first kappa shape index (κ1) is 19.1. The van der Waals surface area contributed by atoms with Crippen molar-refractivity contribution in [1.29, 1.82) is 0 Å². The predicted molar refractivity (Wildman–Crippen MR) is 104 cm³/mol. The van der Waals surface area contributed by atoms with Crippen LogP contribution >= 0.6 is 0 Å². The van der Waals surface area contributed by atoms with E-state index in [0.29, 0.717) is 24.7 Å². The van der Waals surface area contributed by atoms with Gasteiger partial charge in [0.25, 0.3) is 0 Å². The Labute approximate surface area is 166 Å². The summed E-state index contributed by atoms with van der Waals surface area (Å²) >= 11 is 0. The Hall–Kier alpha value is -2.28. The molecule has 0 bridgehead atoms. The largest absolute Gasteiger partial charge is 0.424 e. The lowest BCUT2D eigenvalue weighted by molar-refractivity contribution is -0.139. The number of hydrogen-bond donors (Lipinski definition) is 0. The predicted octanol–water partition coefficient (Wildman–Crippen LogP) is 2.47. The number of nitrogens with zero attached hydrogens (tertiary/aromatic N) is 5. The quantitative estimate of drug-likeness (QED) is 0.763. The van der Waals surface area contributed by atoms with Gasteiger partial charge in [-0.3, -0.25) is 14.7 Å². The average Bonchev–Trinajstić information content (AvgIpc) is 3.17. The molecule has 0 N–H and O–H groups in total. The van der Waals surface area contributed by atoms with Gasteiger partial charge in [0.2, 0.25) is 17.7 Å². The fourth-order valence-electron chi connectivity index (χ4n) is 4.57. The maximum Gasteiger partial charge on any atom is 0.230 e. The third kappa shape index (κ3) is 4.41. The van der Waals surface area contributed by atoms with Crippen LogP contribution < -0.4 is 0 Å². The standard InChI is InChI=1S/C21H29N5O2/c1-2-18-23-24-19(28-18)14-25-12-5-9-21(15-25)10-7-20(27)26(16-21)13-8-17-6-3-4-11-22-17/h3-4,6,11H,2,5,7-10,12-16H2,1H3. The minimum absolute atomic E-state index is 0.184. The number of hydrogen-bond acceptors (Lipinski definition) is 6. The second kappa shape index (κ2) is 8.39. The molecule has 2 aliphatic heterocycles. The van der Waals surface area contributed by atoms with Crippen LogP contribution in [0.15, 0.2) is 28.8 Å². The van der Waals surface area contributed by atoms with Gasteiger partial charge in [-0.2, -0.15) is 0 Å². The highest BCUT2D eigenvalue weighted by molar-refractivity contribution is 5.77. The van der Waals surface area contributed by atoms with Crippen LogP contribution in [0.3, 0.4) is 0 Å². The second-order valence-corrected chi connectivity index (χ2v) is 8.14. The van der Waals surface area contributed by atoms with E-state index in [9.17, 15) is 4.79 Å². The lowest BCUT2D eigenvalue weighted by Crippen LogP contribution is -2.54. The van der Waals surface area contributed by atoms with Crippen molar-refractivity contribution < 1.29 is 9.21 Å². The van der Waals surface area contributed by atoms with Crippen molar-refractivity contribution in [3.05, 3.63) is 41.9 Å². The Morgan fingerprint density at radius 1 is 1.18 bits per heavy atom. The zero-order valence-corrected chi connectivity index (χ0v) is 16.6. The van der Waals surface area contributed by atoms with Crippen molar-refractivity contribution in [1.82, 2.24) is 25.0 Å². The molecule has 150 valence electrons. The molecule has 0 aromatic carbocycles. The molecule has 4 rings (SSSR count). The van der Waals surface area contributed by atoms with Crippen LogP contribution in [-0.4, -0.2) is 57.1 Å². The van der Waals surface area contributed by atoms with Crippen molar-refractivity contribution in [2.75, 3.05) is 26.2 Å². The Morgan fingerprint density at radius 3 is 2.86 bits per heavy atom. The minimum Gasteiger partial charge on any atom is -0.424 e. The van der Waals surface area contributed by atoms with E-state index >= 15 is 0 Å². The molecule has 1 spiro atoms. The summed E-state index contributed by atoms with van der Waals surface area (Å²) in [5, 5.41) is 8.25. The second-order valence-electron chi connectivity index (χ2n) is 8.14. The molecule has 28 heavy (non-hydrogen) atoms. The number of amides is 1. The molecule has 4 heterocycles. The van der Waals surface area contributed by atoms with Crippen LogP contribution in [0.25, 0.3) is 0 Å². The summed E-state index contributed by atoms with van der Waals surface area (Å²) in [7, 11) is 0. The van der Waals surface area contributed by atoms with Gasteiger partial charge in [-0.1, -0.05) is 13.0 Å². The number of piperidine rings is 2. The minimum atomic E-state index is 0.184. The molecule has 2 aliphatic rings. The molecule has 1 amide bonds. The zero-order valence-electron chi connectivity index (χ0n) is 16.6. The summed E-state index contributed by atoms with van der Waals surface area (Å²) in [4.78, 5) is 21.4. The molecular weight excluding hydrogens is 354 g/mol. The number of carbonyl (C=O) groups excluding carboxylic acids is 1. The Kier molecular flexibility index (Phi) is 5.71. The first-order chi connectivity index (χ1) is 13.7. The van der Waals surface area contributed by atoms with Gasteiger partial charge in [0.1, 0.15) is 0 Å². The number of aryl methyl sites for hydroxylation is 1. The smallest absolute Gasteiger partial charge is 0.230 e. The molecule has 0 saturated carbocycles. The number of rotatable bonds is 6. The van der Waals surface area contributed by atoms with Crippen LogP contribution in [0.4, 0.5) is 0 Å². The highest BCUT2D eigenvalue weighted by atomic mass is 16.4. The molecule has 1 unspecified atom stereocenters. The van der Waals surface area contributed by atoms with E-state index in [2.05, 4.69) is 25.0 Å². The fourth-order valence-corrected chi connectivity index (χ4v) is 4.57. The van der Waals surface area contributed by atoms with Crippen LogP contribution in [-0.2, 0) is 24.2 Å². The SMILES string of the molecule is CCc1nnc(CN2CCCC3(CCC(=O)N(CCc4ccccn4)C3)C2)o1. The van der Waals surface area contributed by atoms with E-state index < -0.39 is 0 Å².